The first-order valence-corrected chi connectivity index (χ1v) is 13.2. The van der Waals surface area contributed by atoms with Gasteiger partial charge in [0, 0.05) is 20.1 Å². The van der Waals surface area contributed by atoms with Crippen molar-refractivity contribution in [3.8, 4) is 0 Å². The van der Waals surface area contributed by atoms with Crippen LogP contribution >= 0.6 is 0 Å². The molecule has 2 heterocycles. The molecule has 0 N–H and O–H groups in total. The summed E-state index contributed by atoms with van der Waals surface area (Å²) in [7, 11) is -1.44. The largest absolute Gasteiger partial charge is 2.00 e. The van der Waals surface area contributed by atoms with Gasteiger partial charge < -0.3 is 24.5 Å². The van der Waals surface area contributed by atoms with E-state index in [0.717, 1.165) is 5.56 Å². The maximum absolute atomic E-state index is 12.9. The Labute approximate surface area is 247 Å². The summed E-state index contributed by atoms with van der Waals surface area (Å²) in [6.07, 6.45) is -1.92. The van der Waals surface area contributed by atoms with Crippen LogP contribution in [-0.4, -0.2) is 47.7 Å². The minimum Gasteiger partial charge on any atom is -0.420 e. The van der Waals surface area contributed by atoms with Gasteiger partial charge in [-0.3, -0.25) is 14.5 Å². The molecule has 4 rings (SSSR count). The molecule has 0 aromatic heterocycles. The standard InChI is InChI=1S/C20H25N2O3.C7H3F4O2S.Nb/c1-14(2)13-16(23)22-11-9-20(10-12-22)17(15-7-5-4-6-8-15)18(24)21(3)19(20)25;8-5-2-1-4(7(9,10)11)3-6(5)14(12)13;/h4-8,13-14,17H,9-12H2,1-3H3;1-3H;/q2*-1;+2. The maximum Gasteiger partial charge on any atom is 2.00 e. The second-order valence-corrected chi connectivity index (χ2v) is 10.7. The van der Waals surface area contributed by atoms with Crippen LogP contribution in [0.25, 0.3) is 0 Å². The van der Waals surface area contributed by atoms with Crippen molar-refractivity contribution in [2.45, 2.75) is 43.7 Å². The zero-order valence-corrected chi connectivity index (χ0v) is 25.0. The van der Waals surface area contributed by atoms with E-state index in [0.29, 0.717) is 38.1 Å². The maximum atomic E-state index is 12.9. The summed E-state index contributed by atoms with van der Waals surface area (Å²) in [5.41, 5.74) is -1.03. The second kappa shape index (κ2) is 13.3. The van der Waals surface area contributed by atoms with E-state index in [9.17, 15) is 40.4 Å². The molecule has 2 aliphatic rings. The molecule has 2 saturated heterocycles. The molecule has 7 nitrogen and oxygen atoms in total. The molecular formula is C27H28F4N2NbO5S. The van der Waals surface area contributed by atoms with E-state index in [-0.39, 0.29) is 52.1 Å². The fourth-order valence-corrected chi connectivity index (χ4v) is 5.37. The van der Waals surface area contributed by atoms with Crippen molar-refractivity contribution < 1.29 is 62.7 Å². The number of hydrogen-bond donors (Lipinski definition) is 0. The normalized spacial score (nSPS) is 18.5. The van der Waals surface area contributed by atoms with Crippen LogP contribution in [0, 0.1) is 23.6 Å². The van der Waals surface area contributed by atoms with Gasteiger partial charge in [-0.2, -0.15) is 19.1 Å². The number of imide groups is 1. The fraction of sp³-hybridized carbons (Fsp3) is 0.407. The molecule has 1 spiro atoms. The number of carbonyl (C=O) groups is 3. The summed E-state index contributed by atoms with van der Waals surface area (Å²) < 4.78 is 69.4. The van der Waals surface area contributed by atoms with Crippen LogP contribution in [-0.2, 0) is 62.1 Å². The van der Waals surface area contributed by atoms with Crippen LogP contribution in [0.15, 0.2) is 53.4 Å². The first kappa shape index (κ1) is 33.5. The Morgan fingerprint density at radius 3 is 2.12 bits per heavy atom. The molecule has 2 fully saturated rings. The van der Waals surface area contributed by atoms with Gasteiger partial charge in [0.25, 0.3) is 0 Å². The van der Waals surface area contributed by atoms with Crippen molar-refractivity contribution in [1.82, 2.24) is 9.80 Å². The zero-order chi connectivity index (χ0) is 29.1. The molecule has 0 aliphatic carbocycles. The predicted octanol–water partition coefficient (Wildman–Crippen LogP) is 4.75. The van der Waals surface area contributed by atoms with Crippen LogP contribution in [0.2, 0.25) is 0 Å². The van der Waals surface area contributed by atoms with Crippen LogP contribution in [0.5, 0.6) is 0 Å². The van der Waals surface area contributed by atoms with Crippen LogP contribution in [0.4, 0.5) is 17.6 Å². The van der Waals surface area contributed by atoms with Crippen molar-refractivity contribution in [3.05, 3.63) is 71.9 Å². The Bertz CT molecular complexity index is 1300. The quantitative estimate of drug-likeness (QED) is 0.155. The van der Waals surface area contributed by atoms with E-state index >= 15 is 0 Å². The third kappa shape index (κ3) is 7.15. The van der Waals surface area contributed by atoms with Crippen LogP contribution in [0.1, 0.15) is 43.7 Å². The van der Waals surface area contributed by atoms with Gasteiger partial charge in [0.05, 0.1) is 22.8 Å². The van der Waals surface area contributed by atoms with Crippen LogP contribution < -0.4 is 0 Å². The molecule has 2 aromatic rings. The van der Waals surface area contributed by atoms with Crippen molar-refractivity contribution >= 4 is 28.4 Å². The molecule has 2 aromatic carbocycles. The second-order valence-electron chi connectivity index (χ2n) is 9.82. The molecule has 40 heavy (non-hydrogen) atoms. The van der Waals surface area contributed by atoms with Gasteiger partial charge in [-0.05, 0) is 46.1 Å². The summed E-state index contributed by atoms with van der Waals surface area (Å²) in [5, 5.41) is 0. The Hall–Kier alpha value is -2.67. The number of halogens is 4. The van der Waals surface area contributed by atoms with E-state index in [1.54, 1.807) is 18.4 Å². The number of alkyl halides is 3. The van der Waals surface area contributed by atoms with Crippen molar-refractivity contribution in [1.29, 1.82) is 0 Å². The van der Waals surface area contributed by atoms with Gasteiger partial charge in [-0.1, -0.05) is 50.2 Å². The molecule has 1 atom stereocenters. The SMILES string of the molecule is CC(C)[CH-]C(=O)N1CCC2(CC1)C(=O)N(C)C(=O)C2c1ccccc1.O=[S-](=O)c1cc(C(F)(F)F)ccc1F.[Nb+2]. The first-order chi connectivity index (χ1) is 18.2. The molecule has 1 radical (unpaired) electrons. The fourth-order valence-electron chi connectivity index (χ4n) is 4.92. The minimum atomic E-state index is -4.68. The smallest absolute Gasteiger partial charge is 0.420 e. The summed E-state index contributed by atoms with van der Waals surface area (Å²) >= 11 is 0. The van der Waals surface area contributed by atoms with Crippen LogP contribution in [0.3, 0.4) is 0 Å². The Kier molecular flexibility index (Phi) is 11.2. The van der Waals surface area contributed by atoms with E-state index in [1.165, 1.54) is 4.90 Å². The number of piperidine rings is 1. The molecule has 0 saturated carbocycles. The monoisotopic (exact) mass is 661 g/mol. The van der Waals surface area contributed by atoms with Gasteiger partial charge in [0.2, 0.25) is 11.8 Å². The number of likely N-dealkylation sites (N-methyl/N-ethyl adjacent to an activating group) is 1. The van der Waals surface area contributed by atoms with Gasteiger partial charge in [0.15, 0.2) is 0 Å². The third-order valence-corrected chi connectivity index (χ3v) is 7.55. The van der Waals surface area contributed by atoms with Crippen molar-refractivity contribution in [3.63, 3.8) is 0 Å². The van der Waals surface area contributed by atoms with E-state index in [1.807, 2.05) is 44.2 Å². The van der Waals surface area contributed by atoms with Crippen molar-refractivity contribution in [2.24, 2.45) is 11.3 Å². The number of benzene rings is 2. The molecule has 0 bridgehead atoms. The Balaban J connectivity index is 0.000000320. The number of amides is 3. The predicted molar refractivity (Wildman–Crippen MR) is 133 cm³/mol. The molecule has 215 valence electrons. The summed E-state index contributed by atoms with van der Waals surface area (Å²) in [6.45, 7) is 4.97. The molecule has 2 aliphatic heterocycles. The Morgan fingerprint density at radius 1 is 1.05 bits per heavy atom. The third-order valence-electron chi connectivity index (χ3n) is 6.87. The van der Waals surface area contributed by atoms with Gasteiger partial charge in [-0.25, -0.2) is 4.39 Å². The Morgan fingerprint density at radius 2 is 1.62 bits per heavy atom. The number of nitrogens with zero attached hydrogens (tertiary/aromatic N) is 2. The van der Waals surface area contributed by atoms with E-state index in [2.05, 4.69) is 0 Å². The molecular weight excluding hydrogens is 633 g/mol. The van der Waals surface area contributed by atoms with Gasteiger partial charge >= 0.3 is 28.6 Å². The zero-order valence-electron chi connectivity index (χ0n) is 22.0. The average molecular weight is 661 g/mol. The summed E-state index contributed by atoms with van der Waals surface area (Å²) in [6, 6.07) is 10.7. The van der Waals surface area contributed by atoms with E-state index < -0.39 is 44.5 Å². The van der Waals surface area contributed by atoms with Gasteiger partial charge in [0.1, 0.15) is 5.82 Å². The van der Waals surface area contributed by atoms with Gasteiger partial charge in [-0.15, -0.1) is 0 Å². The molecule has 13 heteroatoms. The first-order valence-electron chi connectivity index (χ1n) is 12.2. The number of hydrogen-bond acceptors (Lipinski definition) is 6. The summed E-state index contributed by atoms with van der Waals surface area (Å²) in [4.78, 5) is 40.1. The molecule has 3 amide bonds. The minimum absolute atomic E-state index is 0. The summed E-state index contributed by atoms with van der Waals surface area (Å²) in [5.74, 6) is -1.67. The molecule has 1 unspecified atom stereocenters. The number of carbonyl (C=O) groups excluding carboxylic acids is 3. The topological polar surface area (TPSA) is 91.8 Å². The van der Waals surface area contributed by atoms with Crippen molar-refractivity contribution in [2.75, 3.05) is 20.1 Å². The van der Waals surface area contributed by atoms with E-state index in [4.69, 9.17) is 0 Å². The number of likely N-dealkylation sites (tertiary alicyclic amines) is 2. The average Bonchev–Trinajstić information content (AvgIpc) is 3.05. The number of rotatable bonds is 4.